The molecule has 0 saturated heterocycles. The lowest BCUT2D eigenvalue weighted by Gasteiger charge is -2.29. The van der Waals surface area contributed by atoms with Gasteiger partial charge in [-0.3, -0.25) is 9.59 Å². The fraction of sp³-hybridized carbons (Fsp3) is 0.360. The molecule has 2 aliphatic carbocycles. The zero-order valence-electron chi connectivity index (χ0n) is 34.7. The minimum atomic E-state index is -1.04. The van der Waals surface area contributed by atoms with Crippen LogP contribution in [-0.4, -0.2) is 66.4 Å². The summed E-state index contributed by atoms with van der Waals surface area (Å²) in [6.07, 6.45) is 6.74. The fourth-order valence-corrected chi connectivity index (χ4v) is 8.25. The number of hydrogen-bond acceptors (Lipinski definition) is 8. The zero-order chi connectivity index (χ0) is 43.0. The van der Waals surface area contributed by atoms with Crippen LogP contribution in [0.1, 0.15) is 79.5 Å². The van der Waals surface area contributed by atoms with Gasteiger partial charge in [-0.15, -0.1) is 13.2 Å². The van der Waals surface area contributed by atoms with E-state index >= 15 is 0 Å². The second kappa shape index (κ2) is 21.9. The van der Waals surface area contributed by atoms with E-state index in [4.69, 9.17) is 14.2 Å². The van der Waals surface area contributed by atoms with Crippen LogP contribution in [0.15, 0.2) is 128 Å². The van der Waals surface area contributed by atoms with Crippen LogP contribution >= 0.6 is 0 Å². The third-order valence-corrected chi connectivity index (χ3v) is 11.5. The Morgan fingerprint density at radius 3 is 2.08 bits per heavy atom. The number of hydrogen-bond donors (Lipinski definition) is 4. The van der Waals surface area contributed by atoms with Crippen LogP contribution in [-0.2, 0) is 36.9 Å². The van der Waals surface area contributed by atoms with Crippen molar-refractivity contribution in [2.24, 2.45) is 5.92 Å². The van der Waals surface area contributed by atoms with Crippen LogP contribution in [0, 0.1) is 5.92 Å². The number of benzene rings is 4. The molecule has 0 radical (unpaired) electrons. The summed E-state index contributed by atoms with van der Waals surface area (Å²) in [7, 11) is 0. The number of nitrogens with one attached hydrogen (secondary N) is 3. The zero-order valence-corrected chi connectivity index (χ0v) is 34.7. The predicted molar refractivity (Wildman–Crippen MR) is 235 cm³/mol. The van der Waals surface area contributed by atoms with Crippen molar-refractivity contribution >= 4 is 23.9 Å². The molecule has 11 heteroatoms. The lowest BCUT2D eigenvalue weighted by Crippen LogP contribution is -2.50. The highest BCUT2D eigenvalue weighted by molar-refractivity contribution is 5.86. The quantitative estimate of drug-likeness (QED) is 0.0465. The summed E-state index contributed by atoms with van der Waals surface area (Å²) >= 11 is 0. The summed E-state index contributed by atoms with van der Waals surface area (Å²) in [5.41, 5.74) is 5.56. The maximum atomic E-state index is 13.9. The second-order valence-corrected chi connectivity index (χ2v) is 16.0. The summed E-state index contributed by atoms with van der Waals surface area (Å²) in [6, 6.07) is 31.6. The van der Waals surface area contributed by atoms with Crippen molar-refractivity contribution < 1.29 is 38.5 Å². The number of carbonyl (C=O) groups excluding carboxylic acids is 4. The SMILES string of the molecule is C=CCCC(NC(=O)OCC1c2ccccc2-c2ccccc21)C(=O)OCC(Cc1ccc(OCc2ccccc2)cc1)NC(=O)C(CC=C)CC(=O)NC1(CO)CCCC1. The highest BCUT2D eigenvalue weighted by atomic mass is 16.6. The molecule has 6 rings (SSSR count). The molecule has 61 heavy (non-hydrogen) atoms. The summed E-state index contributed by atoms with van der Waals surface area (Å²) in [5.74, 6) is -1.65. The second-order valence-electron chi connectivity index (χ2n) is 16.0. The van der Waals surface area contributed by atoms with Crippen molar-refractivity contribution in [2.45, 2.75) is 87.9 Å². The van der Waals surface area contributed by atoms with Crippen molar-refractivity contribution in [3.8, 4) is 16.9 Å². The van der Waals surface area contributed by atoms with E-state index in [1.807, 2.05) is 91.0 Å². The van der Waals surface area contributed by atoms with Crippen LogP contribution in [0.2, 0.25) is 0 Å². The number of esters is 1. The lowest BCUT2D eigenvalue weighted by molar-refractivity contribution is -0.147. The van der Waals surface area contributed by atoms with Gasteiger partial charge in [-0.1, -0.05) is 116 Å². The Labute approximate surface area is 358 Å². The first kappa shape index (κ1) is 44.4. The molecule has 320 valence electrons. The highest BCUT2D eigenvalue weighted by Crippen LogP contribution is 2.44. The van der Waals surface area contributed by atoms with Gasteiger partial charge in [-0.25, -0.2) is 9.59 Å². The Hall–Kier alpha value is -6.20. The molecule has 4 aromatic carbocycles. The number of amides is 3. The van der Waals surface area contributed by atoms with Gasteiger partial charge < -0.3 is 35.3 Å². The molecule has 0 bridgehead atoms. The van der Waals surface area contributed by atoms with Gasteiger partial charge in [0.15, 0.2) is 0 Å². The predicted octanol–water partition coefficient (Wildman–Crippen LogP) is 7.71. The minimum Gasteiger partial charge on any atom is -0.489 e. The Kier molecular flexibility index (Phi) is 15.9. The summed E-state index contributed by atoms with van der Waals surface area (Å²) in [5, 5.41) is 18.8. The molecule has 0 aliphatic heterocycles. The van der Waals surface area contributed by atoms with E-state index in [0.29, 0.717) is 31.6 Å². The Morgan fingerprint density at radius 2 is 1.44 bits per heavy atom. The van der Waals surface area contributed by atoms with Crippen molar-refractivity contribution in [3.63, 3.8) is 0 Å². The average Bonchev–Trinajstić information content (AvgIpc) is 3.88. The van der Waals surface area contributed by atoms with Crippen LogP contribution in [0.25, 0.3) is 11.1 Å². The third kappa shape index (κ3) is 12.2. The molecule has 3 amide bonds. The molecule has 0 aromatic heterocycles. The third-order valence-electron chi connectivity index (χ3n) is 11.5. The van der Waals surface area contributed by atoms with Crippen LogP contribution in [0.4, 0.5) is 4.79 Å². The topological polar surface area (TPSA) is 152 Å². The van der Waals surface area contributed by atoms with Gasteiger partial charge in [0.2, 0.25) is 11.8 Å². The van der Waals surface area contributed by atoms with E-state index in [1.165, 1.54) is 0 Å². The fourth-order valence-electron chi connectivity index (χ4n) is 8.25. The molecule has 1 fully saturated rings. The first-order valence-electron chi connectivity index (χ1n) is 21.2. The molecular formula is C50H57N3O8. The first-order chi connectivity index (χ1) is 29.7. The molecule has 4 N–H and O–H groups in total. The number of aliphatic hydroxyl groups is 1. The maximum absolute atomic E-state index is 13.9. The van der Waals surface area contributed by atoms with Crippen LogP contribution in [0.5, 0.6) is 5.75 Å². The van der Waals surface area contributed by atoms with Gasteiger partial charge in [-0.2, -0.15) is 0 Å². The van der Waals surface area contributed by atoms with Crippen molar-refractivity contribution in [3.05, 3.63) is 151 Å². The number of aliphatic hydroxyl groups excluding tert-OH is 1. The molecular weight excluding hydrogens is 771 g/mol. The molecule has 1 saturated carbocycles. The van der Waals surface area contributed by atoms with Crippen molar-refractivity contribution in [1.29, 1.82) is 0 Å². The highest BCUT2D eigenvalue weighted by Gasteiger charge is 2.36. The number of rotatable bonds is 22. The Balaban J connectivity index is 1.11. The molecule has 0 heterocycles. The normalized spacial score (nSPS) is 15.2. The van der Waals surface area contributed by atoms with Gasteiger partial charge in [0.25, 0.3) is 0 Å². The van der Waals surface area contributed by atoms with E-state index in [0.717, 1.165) is 46.2 Å². The van der Waals surface area contributed by atoms with E-state index in [2.05, 4.69) is 41.2 Å². The number of carbonyl (C=O) groups is 4. The van der Waals surface area contributed by atoms with Gasteiger partial charge >= 0.3 is 12.1 Å². The average molecular weight is 828 g/mol. The monoisotopic (exact) mass is 827 g/mol. The molecule has 3 atom stereocenters. The largest absolute Gasteiger partial charge is 0.489 e. The molecule has 2 aliphatic rings. The first-order valence-corrected chi connectivity index (χ1v) is 21.2. The Bertz CT molecular complexity index is 2070. The number of fused-ring (bicyclic) bond motifs is 3. The van der Waals surface area contributed by atoms with Gasteiger partial charge in [0.1, 0.15) is 31.6 Å². The molecule has 3 unspecified atom stereocenters. The number of ether oxygens (including phenoxy) is 3. The standard InChI is InChI=1S/C50H57N3O8/c1-3-5-22-45(52-49(58)61-33-44-42-20-11-9-18-40(42)41-19-10-12-21-43(41)44)48(57)60-32-38(29-35-23-25-39(26-24-35)59-31-36-16-7-6-8-17-36)51-47(56)37(15-4-2)30-46(55)53-50(34-54)27-13-14-28-50/h3-4,6-12,16-21,23-26,37-38,44-45,54H,1-2,5,13-15,22,27-34H2,(H,51,56)(H,52,58)(H,53,55). The van der Waals surface area contributed by atoms with Crippen molar-refractivity contribution in [1.82, 2.24) is 16.0 Å². The van der Waals surface area contributed by atoms with E-state index in [-0.39, 0.29) is 57.3 Å². The van der Waals surface area contributed by atoms with Crippen LogP contribution < -0.4 is 20.7 Å². The van der Waals surface area contributed by atoms with Gasteiger partial charge in [0, 0.05) is 12.3 Å². The summed E-state index contributed by atoms with van der Waals surface area (Å²) in [6.45, 7) is 7.70. The smallest absolute Gasteiger partial charge is 0.407 e. The minimum absolute atomic E-state index is 0.0815. The van der Waals surface area contributed by atoms with E-state index < -0.39 is 41.5 Å². The summed E-state index contributed by atoms with van der Waals surface area (Å²) in [4.78, 5) is 54.1. The number of allylic oxidation sites excluding steroid dienone is 2. The Morgan fingerprint density at radius 1 is 0.787 bits per heavy atom. The lowest BCUT2D eigenvalue weighted by atomic mass is 9.95. The van der Waals surface area contributed by atoms with Gasteiger partial charge in [-0.05, 0) is 84.0 Å². The number of alkyl carbamates (subject to hydrolysis) is 1. The van der Waals surface area contributed by atoms with Crippen LogP contribution in [0.3, 0.4) is 0 Å². The van der Waals surface area contributed by atoms with E-state index in [1.54, 1.807) is 12.2 Å². The summed E-state index contributed by atoms with van der Waals surface area (Å²) < 4.78 is 17.6. The molecule has 11 nitrogen and oxygen atoms in total. The van der Waals surface area contributed by atoms with Crippen molar-refractivity contribution in [2.75, 3.05) is 19.8 Å². The van der Waals surface area contributed by atoms with E-state index in [9.17, 15) is 24.3 Å². The maximum Gasteiger partial charge on any atom is 0.407 e. The molecule has 0 spiro atoms. The van der Waals surface area contributed by atoms with Gasteiger partial charge in [0.05, 0.1) is 24.1 Å². The molecule has 4 aromatic rings.